The highest BCUT2D eigenvalue weighted by atomic mass is 35.5. The number of ketones is 1. The molecule has 5 heteroatoms. The summed E-state index contributed by atoms with van der Waals surface area (Å²) in [6.45, 7) is 10.4. The van der Waals surface area contributed by atoms with E-state index in [4.69, 9.17) is 16.7 Å². The SMILES string of the molecule is CCCC(=O)c1ncc(-c2cc(C)ccc2Cl)[nH]1.Cc1cc(CO)cc(C)c1C. The van der Waals surface area contributed by atoms with Crippen LogP contribution in [0.15, 0.2) is 36.5 Å². The van der Waals surface area contributed by atoms with Crippen molar-refractivity contribution in [2.24, 2.45) is 0 Å². The van der Waals surface area contributed by atoms with Crippen LogP contribution in [0, 0.1) is 27.7 Å². The molecule has 29 heavy (non-hydrogen) atoms. The number of imidazole rings is 1. The van der Waals surface area contributed by atoms with E-state index < -0.39 is 0 Å². The zero-order valence-electron chi connectivity index (χ0n) is 17.8. The molecule has 0 fully saturated rings. The number of rotatable bonds is 5. The van der Waals surface area contributed by atoms with Crippen LogP contribution in [0.3, 0.4) is 0 Å². The minimum Gasteiger partial charge on any atom is -0.392 e. The maximum Gasteiger partial charge on any atom is 0.198 e. The van der Waals surface area contributed by atoms with Crippen LogP contribution >= 0.6 is 11.6 Å². The van der Waals surface area contributed by atoms with Gasteiger partial charge in [0.1, 0.15) is 0 Å². The van der Waals surface area contributed by atoms with E-state index in [1.807, 2.05) is 44.2 Å². The van der Waals surface area contributed by atoms with Crippen molar-refractivity contribution in [1.29, 1.82) is 0 Å². The number of aliphatic hydroxyl groups excluding tert-OH is 1. The number of benzene rings is 2. The highest BCUT2D eigenvalue weighted by Crippen LogP contribution is 2.27. The summed E-state index contributed by atoms with van der Waals surface area (Å²) in [5.41, 5.74) is 7.62. The van der Waals surface area contributed by atoms with E-state index >= 15 is 0 Å². The number of carbonyl (C=O) groups excluding carboxylic acids is 1. The smallest absolute Gasteiger partial charge is 0.198 e. The number of hydrogen-bond donors (Lipinski definition) is 2. The second kappa shape index (κ2) is 10.4. The van der Waals surface area contributed by atoms with Gasteiger partial charge in [-0.3, -0.25) is 4.79 Å². The maximum absolute atomic E-state index is 11.7. The Balaban J connectivity index is 0.000000234. The zero-order valence-corrected chi connectivity index (χ0v) is 18.5. The van der Waals surface area contributed by atoms with Crippen molar-refractivity contribution in [3.63, 3.8) is 0 Å². The van der Waals surface area contributed by atoms with Crippen LogP contribution in [0.4, 0.5) is 0 Å². The molecule has 0 unspecified atom stereocenters. The first kappa shape index (κ1) is 22.9. The predicted molar refractivity (Wildman–Crippen MR) is 120 cm³/mol. The van der Waals surface area contributed by atoms with Gasteiger partial charge in [0.2, 0.25) is 0 Å². The van der Waals surface area contributed by atoms with Gasteiger partial charge in [0.25, 0.3) is 0 Å². The first-order chi connectivity index (χ1) is 13.8. The topological polar surface area (TPSA) is 66.0 Å². The molecule has 3 rings (SSSR count). The molecule has 3 aromatic rings. The Labute approximate surface area is 178 Å². The molecule has 1 heterocycles. The minimum absolute atomic E-state index is 0.0347. The van der Waals surface area contributed by atoms with Gasteiger partial charge in [-0.2, -0.15) is 0 Å². The molecular formula is C24H29ClN2O2. The zero-order chi connectivity index (χ0) is 21.6. The number of hydrogen-bond acceptors (Lipinski definition) is 3. The molecule has 2 N–H and O–H groups in total. The molecule has 0 bridgehead atoms. The monoisotopic (exact) mass is 412 g/mol. The molecule has 0 saturated heterocycles. The second-order valence-electron chi connectivity index (χ2n) is 7.31. The summed E-state index contributed by atoms with van der Waals surface area (Å²) in [6.07, 6.45) is 2.98. The number of nitrogens with zero attached hydrogens (tertiary/aromatic N) is 1. The number of halogens is 1. The van der Waals surface area contributed by atoms with Gasteiger partial charge in [0.15, 0.2) is 11.6 Å². The number of Topliss-reactive ketones (excluding diaryl/α,β-unsaturated/α-hetero) is 1. The van der Waals surface area contributed by atoms with E-state index in [0.29, 0.717) is 17.3 Å². The summed E-state index contributed by atoms with van der Waals surface area (Å²) in [5, 5.41) is 9.53. The van der Waals surface area contributed by atoms with Crippen LogP contribution in [-0.4, -0.2) is 20.9 Å². The van der Waals surface area contributed by atoms with Crippen molar-refractivity contribution in [3.05, 3.63) is 75.2 Å². The van der Waals surface area contributed by atoms with Gasteiger partial charge in [0.05, 0.1) is 18.5 Å². The third-order valence-electron chi connectivity index (χ3n) is 4.90. The van der Waals surface area contributed by atoms with E-state index in [1.54, 1.807) is 6.20 Å². The fourth-order valence-corrected chi connectivity index (χ4v) is 3.23. The van der Waals surface area contributed by atoms with Crippen molar-refractivity contribution in [2.45, 2.75) is 54.1 Å². The second-order valence-corrected chi connectivity index (χ2v) is 7.72. The van der Waals surface area contributed by atoms with Gasteiger partial charge in [-0.1, -0.05) is 42.3 Å². The van der Waals surface area contributed by atoms with Crippen LogP contribution in [-0.2, 0) is 6.61 Å². The Bertz CT molecular complexity index is 969. The van der Waals surface area contributed by atoms with Gasteiger partial charge < -0.3 is 10.1 Å². The number of H-pyrrole nitrogens is 1. The quantitative estimate of drug-likeness (QED) is 0.495. The normalized spacial score (nSPS) is 10.4. The number of aromatic amines is 1. The van der Waals surface area contributed by atoms with Crippen LogP contribution < -0.4 is 0 Å². The lowest BCUT2D eigenvalue weighted by Crippen LogP contribution is -2.00. The van der Waals surface area contributed by atoms with E-state index in [9.17, 15) is 4.79 Å². The van der Waals surface area contributed by atoms with Crippen molar-refractivity contribution in [3.8, 4) is 11.3 Å². The molecule has 0 amide bonds. The summed E-state index contributed by atoms with van der Waals surface area (Å²) in [4.78, 5) is 18.9. The van der Waals surface area contributed by atoms with Crippen molar-refractivity contribution in [2.75, 3.05) is 0 Å². The standard InChI is InChI=1S/C14H15ClN2O.C10H14O/c1-3-4-13(18)14-16-8-12(17-14)10-7-9(2)5-6-11(10)15;1-7-4-10(6-11)5-8(2)9(7)3/h5-8H,3-4H2,1-2H3,(H,16,17);4-5,11H,6H2,1-3H3. The fourth-order valence-electron chi connectivity index (χ4n) is 3.01. The lowest BCUT2D eigenvalue weighted by atomic mass is 10.0. The third kappa shape index (κ3) is 6.02. The number of aromatic nitrogens is 2. The molecule has 0 atom stereocenters. The van der Waals surface area contributed by atoms with Crippen molar-refractivity contribution >= 4 is 17.4 Å². The molecule has 154 valence electrons. The summed E-state index contributed by atoms with van der Waals surface area (Å²) in [7, 11) is 0. The molecular weight excluding hydrogens is 384 g/mol. The Morgan fingerprint density at radius 2 is 1.76 bits per heavy atom. The first-order valence-electron chi connectivity index (χ1n) is 9.79. The maximum atomic E-state index is 11.7. The van der Waals surface area contributed by atoms with Gasteiger partial charge in [-0.25, -0.2) is 4.98 Å². The minimum atomic E-state index is 0.0347. The average Bonchev–Trinajstić information content (AvgIpc) is 3.18. The van der Waals surface area contributed by atoms with E-state index in [2.05, 4.69) is 30.7 Å². The highest BCUT2D eigenvalue weighted by molar-refractivity contribution is 6.33. The fraction of sp³-hybridized carbons (Fsp3) is 0.333. The molecule has 0 radical (unpaired) electrons. The largest absolute Gasteiger partial charge is 0.392 e. The summed E-state index contributed by atoms with van der Waals surface area (Å²) in [5.74, 6) is 0.442. The van der Waals surface area contributed by atoms with Crippen LogP contribution in [0.1, 0.15) is 58.2 Å². The summed E-state index contributed by atoms with van der Waals surface area (Å²) < 4.78 is 0. The number of aliphatic hydroxyl groups is 1. The molecule has 0 aliphatic rings. The van der Waals surface area contributed by atoms with E-state index in [-0.39, 0.29) is 12.4 Å². The molecule has 2 aromatic carbocycles. The average molecular weight is 413 g/mol. The van der Waals surface area contributed by atoms with Gasteiger partial charge in [0, 0.05) is 17.0 Å². The van der Waals surface area contributed by atoms with Crippen LogP contribution in [0.25, 0.3) is 11.3 Å². The summed E-state index contributed by atoms with van der Waals surface area (Å²) >= 11 is 6.15. The third-order valence-corrected chi connectivity index (χ3v) is 5.23. The molecule has 0 saturated carbocycles. The predicted octanol–water partition coefficient (Wildman–Crippen LogP) is 6.13. The number of aryl methyl sites for hydroxylation is 3. The highest BCUT2D eigenvalue weighted by Gasteiger charge is 2.12. The lowest BCUT2D eigenvalue weighted by molar-refractivity contribution is 0.0972. The first-order valence-corrected chi connectivity index (χ1v) is 10.2. The van der Waals surface area contributed by atoms with Crippen molar-refractivity contribution < 1.29 is 9.90 Å². The van der Waals surface area contributed by atoms with Crippen LogP contribution in [0.5, 0.6) is 0 Å². The van der Waals surface area contributed by atoms with E-state index in [0.717, 1.165) is 28.8 Å². The molecule has 0 aliphatic heterocycles. The number of carbonyl (C=O) groups is 1. The Kier molecular flexibility index (Phi) is 8.18. The Morgan fingerprint density at radius 1 is 1.10 bits per heavy atom. The lowest BCUT2D eigenvalue weighted by Gasteiger charge is -2.06. The molecule has 0 spiro atoms. The van der Waals surface area contributed by atoms with Crippen LogP contribution in [0.2, 0.25) is 5.02 Å². The summed E-state index contributed by atoms with van der Waals surface area (Å²) in [6, 6.07) is 9.83. The number of nitrogens with one attached hydrogen (secondary N) is 1. The van der Waals surface area contributed by atoms with Gasteiger partial charge in [-0.15, -0.1) is 0 Å². The molecule has 0 aliphatic carbocycles. The van der Waals surface area contributed by atoms with Gasteiger partial charge >= 0.3 is 0 Å². The van der Waals surface area contributed by atoms with E-state index in [1.165, 1.54) is 16.7 Å². The Hall–Kier alpha value is -2.43. The Morgan fingerprint density at radius 3 is 2.34 bits per heavy atom. The molecule has 1 aromatic heterocycles. The van der Waals surface area contributed by atoms with Crippen molar-refractivity contribution in [1.82, 2.24) is 9.97 Å². The van der Waals surface area contributed by atoms with Gasteiger partial charge in [-0.05, 0) is 68.5 Å². The molecule has 4 nitrogen and oxygen atoms in total.